The van der Waals surface area contributed by atoms with Crippen LogP contribution in [-0.2, 0) is 6.54 Å². The normalized spacial score (nSPS) is 10.7. The summed E-state index contributed by atoms with van der Waals surface area (Å²) in [4.78, 5) is 16.0. The van der Waals surface area contributed by atoms with Crippen LogP contribution in [0.15, 0.2) is 33.8 Å². The quantitative estimate of drug-likeness (QED) is 0.847. The number of aromatic nitrogens is 2. The number of hydrogen-bond donors (Lipinski definition) is 0. The molecule has 0 atom stereocenters. The molecule has 3 nitrogen and oxygen atoms in total. The number of aryl methyl sites for hydroxylation is 1. The fourth-order valence-corrected chi connectivity index (χ4v) is 2.05. The van der Waals surface area contributed by atoms with E-state index in [1.54, 1.807) is 13.0 Å². The maximum absolute atomic E-state index is 12.9. The van der Waals surface area contributed by atoms with Crippen molar-refractivity contribution in [2.45, 2.75) is 13.5 Å². The first-order valence-corrected chi connectivity index (χ1v) is 6.31. The molecule has 0 saturated heterocycles. The number of rotatable bonds is 2. The van der Waals surface area contributed by atoms with Crippen LogP contribution in [0, 0.1) is 12.7 Å². The third kappa shape index (κ3) is 2.62. The average molecular weight is 332 g/mol. The molecule has 1 aromatic carbocycles. The van der Waals surface area contributed by atoms with Crippen molar-refractivity contribution in [3.05, 3.63) is 61.5 Å². The van der Waals surface area contributed by atoms with E-state index in [1.165, 1.54) is 23.0 Å². The van der Waals surface area contributed by atoms with Crippen molar-refractivity contribution in [1.82, 2.24) is 9.55 Å². The number of nitrogens with zero attached hydrogens (tertiary/aromatic N) is 2. The van der Waals surface area contributed by atoms with Gasteiger partial charge in [-0.25, -0.2) is 9.37 Å². The first-order chi connectivity index (χ1) is 8.49. The molecule has 0 aliphatic carbocycles. The summed E-state index contributed by atoms with van der Waals surface area (Å²) in [5.74, 6) is -0.403. The zero-order valence-electron chi connectivity index (χ0n) is 9.45. The molecule has 1 heterocycles. The van der Waals surface area contributed by atoms with Gasteiger partial charge in [-0.3, -0.25) is 9.36 Å². The molecule has 2 aromatic rings. The zero-order valence-corrected chi connectivity index (χ0v) is 11.8. The Morgan fingerprint density at radius 2 is 2.22 bits per heavy atom. The molecule has 0 unspecified atom stereocenters. The third-order valence-corrected chi connectivity index (χ3v) is 3.78. The maximum Gasteiger partial charge on any atom is 0.268 e. The second-order valence-electron chi connectivity index (χ2n) is 3.81. The van der Waals surface area contributed by atoms with Crippen LogP contribution in [0.25, 0.3) is 0 Å². The van der Waals surface area contributed by atoms with E-state index >= 15 is 0 Å². The molecule has 94 valence electrons. The fourth-order valence-electron chi connectivity index (χ4n) is 1.49. The number of hydrogen-bond acceptors (Lipinski definition) is 2. The van der Waals surface area contributed by atoms with E-state index in [9.17, 15) is 9.18 Å². The Balaban J connectivity index is 2.41. The molecule has 0 amide bonds. The Labute approximate surface area is 116 Å². The second-order valence-corrected chi connectivity index (χ2v) is 5.01. The Morgan fingerprint density at radius 3 is 2.89 bits per heavy atom. The molecule has 0 N–H and O–H groups in total. The Bertz CT molecular complexity index is 657. The Hall–Kier alpha value is -1.20. The van der Waals surface area contributed by atoms with E-state index in [4.69, 9.17) is 11.6 Å². The van der Waals surface area contributed by atoms with Gasteiger partial charge in [-0.1, -0.05) is 17.7 Å². The summed E-state index contributed by atoms with van der Waals surface area (Å²) in [5, 5.41) is 0.290. The van der Waals surface area contributed by atoms with Gasteiger partial charge in [-0.15, -0.1) is 0 Å². The van der Waals surface area contributed by atoms with Gasteiger partial charge in [0.15, 0.2) is 0 Å². The van der Waals surface area contributed by atoms with E-state index in [0.717, 1.165) is 0 Å². The zero-order chi connectivity index (χ0) is 13.3. The second kappa shape index (κ2) is 5.20. The molecule has 6 heteroatoms. The summed E-state index contributed by atoms with van der Waals surface area (Å²) in [6, 6.07) is 4.08. The van der Waals surface area contributed by atoms with Gasteiger partial charge in [-0.05, 0) is 40.5 Å². The summed E-state index contributed by atoms with van der Waals surface area (Å²) >= 11 is 9.10. The Kier molecular flexibility index (Phi) is 3.82. The topological polar surface area (TPSA) is 34.9 Å². The summed E-state index contributed by atoms with van der Waals surface area (Å²) in [5.41, 5.74) is 1.10. The molecule has 0 radical (unpaired) electrons. The van der Waals surface area contributed by atoms with Crippen LogP contribution < -0.4 is 5.56 Å². The molecule has 0 aliphatic heterocycles. The van der Waals surface area contributed by atoms with Gasteiger partial charge in [0.25, 0.3) is 5.56 Å². The van der Waals surface area contributed by atoms with E-state index in [2.05, 4.69) is 20.9 Å². The van der Waals surface area contributed by atoms with Gasteiger partial charge in [0.05, 0.1) is 18.6 Å². The largest absolute Gasteiger partial charge is 0.294 e. The van der Waals surface area contributed by atoms with E-state index in [-0.39, 0.29) is 12.1 Å². The minimum Gasteiger partial charge on any atom is -0.294 e. The molecule has 0 spiro atoms. The lowest BCUT2D eigenvalue weighted by Crippen LogP contribution is -2.22. The molecule has 0 aliphatic rings. The molecule has 0 saturated carbocycles. The predicted molar refractivity (Wildman–Crippen MR) is 71.4 cm³/mol. The summed E-state index contributed by atoms with van der Waals surface area (Å²) in [6.45, 7) is 1.99. The third-order valence-electron chi connectivity index (χ3n) is 2.51. The van der Waals surface area contributed by atoms with E-state index < -0.39 is 5.82 Å². The summed E-state index contributed by atoms with van der Waals surface area (Å²) in [7, 11) is 0. The maximum atomic E-state index is 12.9. The highest BCUT2D eigenvalue weighted by atomic mass is 79.9. The van der Waals surface area contributed by atoms with Crippen molar-refractivity contribution in [3.8, 4) is 0 Å². The molecule has 18 heavy (non-hydrogen) atoms. The summed E-state index contributed by atoms with van der Waals surface area (Å²) in [6.07, 6.45) is 1.45. The molecule has 0 fully saturated rings. The highest BCUT2D eigenvalue weighted by Gasteiger charge is 2.08. The summed E-state index contributed by atoms with van der Waals surface area (Å²) < 4.78 is 14.7. The van der Waals surface area contributed by atoms with Gasteiger partial charge in [-0.2, -0.15) is 0 Å². The molecular weight excluding hydrogens is 322 g/mol. The minimum absolute atomic E-state index is 0.192. The van der Waals surface area contributed by atoms with Crippen LogP contribution >= 0.6 is 27.5 Å². The van der Waals surface area contributed by atoms with Crippen LogP contribution in [0.3, 0.4) is 0 Å². The standard InChI is InChI=1S/C12H9BrClFN2O/c1-7-11(13)12(18)17(6-16-7)5-8-2-3-9(15)4-10(8)14/h2-4,6H,5H2,1H3. The average Bonchev–Trinajstić information content (AvgIpc) is 2.33. The van der Waals surface area contributed by atoms with Crippen LogP contribution in [0.5, 0.6) is 0 Å². The van der Waals surface area contributed by atoms with Crippen molar-refractivity contribution in [2.75, 3.05) is 0 Å². The lowest BCUT2D eigenvalue weighted by atomic mass is 10.2. The van der Waals surface area contributed by atoms with Crippen LogP contribution in [0.1, 0.15) is 11.3 Å². The van der Waals surface area contributed by atoms with Gasteiger partial charge < -0.3 is 0 Å². The van der Waals surface area contributed by atoms with Crippen LogP contribution in [0.4, 0.5) is 4.39 Å². The highest BCUT2D eigenvalue weighted by molar-refractivity contribution is 9.10. The van der Waals surface area contributed by atoms with Crippen molar-refractivity contribution in [2.24, 2.45) is 0 Å². The molecular formula is C12H9BrClFN2O. The monoisotopic (exact) mass is 330 g/mol. The predicted octanol–water partition coefficient (Wildman–Crippen LogP) is 3.16. The van der Waals surface area contributed by atoms with Crippen LogP contribution in [-0.4, -0.2) is 9.55 Å². The molecule has 1 aromatic heterocycles. The van der Waals surface area contributed by atoms with Crippen molar-refractivity contribution in [1.29, 1.82) is 0 Å². The van der Waals surface area contributed by atoms with E-state index in [0.29, 0.717) is 20.8 Å². The molecule has 0 bridgehead atoms. The Morgan fingerprint density at radius 1 is 1.50 bits per heavy atom. The van der Waals surface area contributed by atoms with Crippen molar-refractivity contribution >= 4 is 27.5 Å². The lowest BCUT2D eigenvalue weighted by Gasteiger charge is -2.08. The molecule has 2 rings (SSSR count). The SMILES string of the molecule is Cc1ncn(Cc2ccc(F)cc2Cl)c(=O)c1Br. The first kappa shape index (κ1) is 13.2. The van der Waals surface area contributed by atoms with Gasteiger partial charge in [0.2, 0.25) is 0 Å². The van der Waals surface area contributed by atoms with E-state index in [1.807, 2.05) is 0 Å². The highest BCUT2D eigenvalue weighted by Crippen LogP contribution is 2.18. The fraction of sp³-hybridized carbons (Fsp3) is 0.167. The lowest BCUT2D eigenvalue weighted by molar-refractivity contribution is 0.625. The van der Waals surface area contributed by atoms with Gasteiger partial charge in [0.1, 0.15) is 10.3 Å². The number of benzene rings is 1. The minimum atomic E-state index is -0.403. The van der Waals surface area contributed by atoms with Gasteiger partial charge in [0, 0.05) is 5.02 Å². The first-order valence-electron chi connectivity index (χ1n) is 5.14. The van der Waals surface area contributed by atoms with Crippen molar-refractivity contribution in [3.63, 3.8) is 0 Å². The smallest absolute Gasteiger partial charge is 0.268 e. The van der Waals surface area contributed by atoms with Crippen molar-refractivity contribution < 1.29 is 4.39 Å². The van der Waals surface area contributed by atoms with Crippen LogP contribution in [0.2, 0.25) is 5.02 Å². The van der Waals surface area contributed by atoms with Gasteiger partial charge >= 0.3 is 0 Å². The number of halogens is 3.